The van der Waals surface area contributed by atoms with Crippen LogP contribution >= 0.6 is 0 Å². The molecule has 2 aromatic carbocycles. The first-order valence-corrected chi connectivity index (χ1v) is 11.9. The molecule has 0 saturated carbocycles. The Labute approximate surface area is 188 Å². The fraction of sp³-hybridized carbons (Fsp3) is 0.364. The van der Waals surface area contributed by atoms with Crippen molar-refractivity contribution in [3.05, 3.63) is 47.5 Å². The van der Waals surface area contributed by atoms with E-state index in [1.54, 1.807) is 43.3 Å². The fourth-order valence-electron chi connectivity index (χ4n) is 3.64. The zero-order chi connectivity index (χ0) is 23.5. The zero-order valence-corrected chi connectivity index (χ0v) is 19.5. The average Bonchev–Trinajstić information content (AvgIpc) is 3.22. The first-order valence-electron chi connectivity index (χ1n) is 9.99. The number of carbonyl (C=O) groups is 1. The highest BCUT2D eigenvalue weighted by atomic mass is 32.2. The molecule has 1 amide bonds. The van der Waals surface area contributed by atoms with Gasteiger partial charge in [0.2, 0.25) is 21.7 Å². The van der Waals surface area contributed by atoms with Gasteiger partial charge in [-0.1, -0.05) is 25.1 Å². The summed E-state index contributed by atoms with van der Waals surface area (Å²) >= 11 is 0. The van der Waals surface area contributed by atoms with E-state index in [9.17, 15) is 13.2 Å². The summed E-state index contributed by atoms with van der Waals surface area (Å²) in [5.41, 5.74) is 2.37. The maximum atomic E-state index is 12.7. The van der Waals surface area contributed by atoms with Gasteiger partial charge in [-0.15, -0.1) is 0 Å². The SMILES string of the molecule is CCC(=O)N1N=C(c2ccccc2NS(C)(=O)=O)C[C@@H]1c1cc(OC)c(OC)c(OC)c1. The molecule has 10 heteroatoms. The minimum absolute atomic E-state index is 0.160. The van der Waals surface area contributed by atoms with Gasteiger partial charge in [-0.05, 0) is 23.8 Å². The largest absolute Gasteiger partial charge is 0.493 e. The number of nitrogens with one attached hydrogen (secondary N) is 1. The second kappa shape index (κ2) is 9.47. The summed E-state index contributed by atoms with van der Waals surface area (Å²) in [6.07, 6.45) is 1.74. The summed E-state index contributed by atoms with van der Waals surface area (Å²) in [5, 5.41) is 6.02. The molecule has 1 aliphatic heterocycles. The average molecular weight is 462 g/mol. The van der Waals surface area contributed by atoms with Crippen molar-refractivity contribution in [2.75, 3.05) is 32.3 Å². The van der Waals surface area contributed by atoms with Crippen LogP contribution in [-0.4, -0.2) is 52.6 Å². The van der Waals surface area contributed by atoms with E-state index >= 15 is 0 Å². The predicted molar refractivity (Wildman–Crippen MR) is 122 cm³/mol. The molecule has 2 aromatic rings. The Hall–Kier alpha value is -3.27. The first kappa shape index (κ1) is 23.4. The van der Waals surface area contributed by atoms with Gasteiger partial charge in [-0.3, -0.25) is 9.52 Å². The van der Waals surface area contributed by atoms with Crippen molar-refractivity contribution in [2.24, 2.45) is 5.10 Å². The maximum absolute atomic E-state index is 12.7. The van der Waals surface area contributed by atoms with Crippen LogP contribution in [0.25, 0.3) is 0 Å². The lowest BCUT2D eigenvalue weighted by Crippen LogP contribution is -2.26. The Kier molecular flexibility index (Phi) is 6.93. The molecule has 0 saturated heterocycles. The molecular weight excluding hydrogens is 434 g/mol. The standard InChI is InChI=1S/C22H27N3O6S/c1-6-21(26)25-18(14-11-19(29-2)22(31-4)20(12-14)30-3)13-17(23-25)15-9-7-8-10-16(15)24-32(5,27)28/h7-12,18,24H,6,13H2,1-5H3/t18-/m1/s1. The lowest BCUT2D eigenvalue weighted by Gasteiger charge is -2.23. The van der Waals surface area contributed by atoms with E-state index in [0.717, 1.165) is 11.8 Å². The Morgan fingerprint density at radius 2 is 1.75 bits per heavy atom. The van der Waals surface area contributed by atoms with Crippen molar-refractivity contribution in [1.29, 1.82) is 0 Å². The Bertz CT molecular complexity index is 1120. The van der Waals surface area contributed by atoms with Crippen molar-refractivity contribution < 1.29 is 27.4 Å². The van der Waals surface area contributed by atoms with Gasteiger partial charge in [-0.2, -0.15) is 5.10 Å². The van der Waals surface area contributed by atoms with Crippen LogP contribution < -0.4 is 18.9 Å². The van der Waals surface area contributed by atoms with E-state index in [-0.39, 0.29) is 12.3 Å². The Morgan fingerprint density at radius 3 is 2.28 bits per heavy atom. The molecular formula is C22H27N3O6S. The van der Waals surface area contributed by atoms with E-state index in [4.69, 9.17) is 14.2 Å². The van der Waals surface area contributed by atoms with Crippen LogP contribution in [0.4, 0.5) is 5.69 Å². The third-order valence-corrected chi connectivity index (χ3v) is 5.66. The predicted octanol–water partition coefficient (Wildman–Crippen LogP) is 3.17. The Balaban J connectivity index is 2.08. The molecule has 0 aromatic heterocycles. The molecule has 32 heavy (non-hydrogen) atoms. The van der Waals surface area contributed by atoms with E-state index in [0.29, 0.717) is 40.6 Å². The van der Waals surface area contributed by atoms with E-state index in [2.05, 4.69) is 9.82 Å². The number of hydrogen-bond donors (Lipinski definition) is 1. The highest BCUT2D eigenvalue weighted by molar-refractivity contribution is 7.92. The lowest BCUT2D eigenvalue weighted by atomic mass is 9.97. The number of carbonyl (C=O) groups excluding carboxylic acids is 1. The number of anilines is 1. The van der Waals surface area contributed by atoms with Crippen LogP contribution in [0.5, 0.6) is 17.2 Å². The van der Waals surface area contributed by atoms with Crippen molar-refractivity contribution >= 4 is 27.3 Å². The molecule has 3 rings (SSSR count). The number of rotatable bonds is 8. The third-order valence-electron chi connectivity index (χ3n) is 5.07. The molecule has 1 heterocycles. The summed E-state index contributed by atoms with van der Waals surface area (Å²) in [6, 6.07) is 10.1. The third kappa shape index (κ3) is 4.80. The maximum Gasteiger partial charge on any atom is 0.242 e. The van der Waals surface area contributed by atoms with Gasteiger partial charge >= 0.3 is 0 Å². The molecule has 0 aliphatic carbocycles. The Morgan fingerprint density at radius 1 is 1.12 bits per heavy atom. The van der Waals surface area contributed by atoms with Crippen molar-refractivity contribution in [2.45, 2.75) is 25.8 Å². The topological polar surface area (TPSA) is 107 Å². The van der Waals surface area contributed by atoms with Gasteiger partial charge in [0.1, 0.15) is 0 Å². The van der Waals surface area contributed by atoms with E-state index < -0.39 is 16.1 Å². The second-order valence-corrected chi connectivity index (χ2v) is 8.99. The first-order chi connectivity index (χ1) is 15.2. The summed E-state index contributed by atoms with van der Waals surface area (Å²) in [7, 11) is 1.09. The fourth-order valence-corrected chi connectivity index (χ4v) is 4.22. The number of nitrogens with zero attached hydrogens (tertiary/aromatic N) is 2. The number of methoxy groups -OCH3 is 3. The molecule has 172 valence electrons. The lowest BCUT2D eigenvalue weighted by molar-refractivity contribution is -0.132. The summed E-state index contributed by atoms with van der Waals surface area (Å²) in [5.74, 6) is 1.23. The number of ether oxygens (including phenoxy) is 3. The van der Waals surface area contributed by atoms with Crippen LogP contribution in [0, 0.1) is 0 Å². The molecule has 1 atom stereocenters. The van der Waals surface area contributed by atoms with E-state index in [1.807, 2.05) is 0 Å². The minimum atomic E-state index is -3.49. The highest BCUT2D eigenvalue weighted by Gasteiger charge is 2.34. The molecule has 0 unspecified atom stereocenters. The van der Waals surface area contributed by atoms with Crippen molar-refractivity contribution in [3.8, 4) is 17.2 Å². The molecule has 1 aliphatic rings. The van der Waals surface area contributed by atoms with Gasteiger partial charge in [-0.25, -0.2) is 13.4 Å². The number of para-hydroxylation sites is 1. The smallest absolute Gasteiger partial charge is 0.242 e. The number of benzene rings is 2. The molecule has 0 spiro atoms. The molecule has 9 nitrogen and oxygen atoms in total. The highest BCUT2D eigenvalue weighted by Crippen LogP contribution is 2.43. The number of hydrogen-bond acceptors (Lipinski definition) is 7. The van der Waals surface area contributed by atoms with Gasteiger partial charge in [0.05, 0.1) is 45.0 Å². The summed E-state index contributed by atoms with van der Waals surface area (Å²) in [4.78, 5) is 12.7. The van der Waals surface area contributed by atoms with Crippen LogP contribution in [0.2, 0.25) is 0 Å². The quantitative estimate of drug-likeness (QED) is 0.647. The van der Waals surface area contributed by atoms with Crippen molar-refractivity contribution in [3.63, 3.8) is 0 Å². The van der Waals surface area contributed by atoms with Crippen LogP contribution in [0.15, 0.2) is 41.5 Å². The number of amides is 1. The van der Waals surface area contributed by atoms with Gasteiger partial charge in [0.25, 0.3) is 0 Å². The van der Waals surface area contributed by atoms with Crippen molar-refractivity contribution in [1.82, 2.24) is 5.01 Å². The van der Waals surface area contributed by atoms with Crippen LogP contribution in [-0.2, 0) is 14.8 Å². The normalized spacial score (nSPS) is 15.8. The summed E-state index contributed by atoms with van der Waals surface area (Å²) in [6.45, 7) is 1.77. The van der Waals surface area contributed by atoms with Crippen LogP contribution in [0.3, 0.4) is 0 Å². The van der Waals surface area contributed by atoms with Gasteiger partial charge < -0.3 is 14.2 Å². The molecule has 0 bridgehead atoms. The zero-order valence-electron chi connectivity index (χ0n) is 18.7. The minimum Gasteiger partial charge on any atom is -0.493 e. The molecule has 1 N–H and O–H groups in total. The van der Waals surface area contributed by atoms with E-state index in [1.165, 1.54) is 26.3 Å². The van der Waals surface area contributed by atoms with Gasteiger partial charge in [0.15, 0.2) is 11.5 Å². The van der Waals surface area contributed by atoms with Crippen LogP contribution in [0.1, 0.15) is 36.9 Å². The van der Waals surface area contributed by atoms with Gasteiger partial charge in [0, 0.05) is 18.4 Å². The summed E-state index contributed by atoms with van der Waals surface area (Å²) < 4.78 is 42.5. The number of hydrazone groups is 1. The number of sulfonamides is 1. The molecule has 0 fully saturated rings. The molecule has 0 radical (unpaired) electrons. The second-order valence-electron chi connectivity index (χ2n) is 7.24. The monoisotopic (exact) mass is 461 g/mol.